The summed E-state index contributed by atoms with van der Waals surface area (Å²) in [7, 11) is 1.49. The van der Waals surface area contributed by atoms with Gasteiger partial charge < -0.3 is 14.8 Å². The van der Waals surface area contributed by atoms with Crippen molar-refractivity contribution >= 4 is 40.9 Å². The molecule has 0 unspecified atom stereocenters. The van der Waals surface area contributed by atoms with Gasteiger partial charge in [-0.25, -0.2) is 0 Å². The van der Waals surface area contributed by atoms with E-state index in [4.69, 9.17) is 32.7 Å². The van der Waals surface area contributed by atoms with Crippen molar-refractivity contribution in [3.63, 3.8) is 0 Å². The third-order valence-corrected chi connectivity index (χ3v) is 4.79. The highest BCUT2D eigenvalue weighted by Gasteiger charge is 2.14. The van der Waals surface area contributed by atoms with Crippen LogP contribution in [-0.2, 0) is 11.4 Å². The van der Waals surface area contributed by atoms with E-state index in [0.717, 1.165) is 5.56 Å². The fraction of sp³-hybridized carbons (Fsp3) is 0.0833. The maximum atomic E-state index is 12.4. The minimum Gasteiger partial charge on any atom is -0.493 e. The van der Waals surface area contributed by atoms with E-state index in [0.29, 0.717) is 32.8 Å². The van der Waals surface area contributed by atoms with Crippen molar-refractivity contribution in [1.82, 2.24) is 0 Å². The number of para-hydroxylation sites is 1. The summed E-state index contributed by atoms with van der Waals surface area (Å²) in [5.74, 6) is 0.226. The highest BCUT2D eigenvalue weighted by molar-refractivity contribution is 6.32. The molecule has 1 N–H and O–H groups in total. The molecular formula is C24H18Cl2N2O3. The number of rotatable bonds is 7. The highest BCUT2D eigenvalue weighted by Crippen LogP contribution is 2.37. The Balaban J connectivity index is 1.81. The second kappa shape index (κ2) is 10.5. The molecule has 0 radical (unpaired) electrons. The molecule has 3 aromatic carbocycles. The van der Waals surface area contributed by atoms with Crippen LogP contribution in [0.1, 0.15) is 11.1 Å². The molecule has 0 spiro atoms. The van der Waals surface area contributed by atoms with Crippen molar-refractivity contribution in [2.24, 2.45) is 0 Å². The molecule has 0 heterocycles. The molecule has 0 saturated heterocycles. The normalized spacial score (nSPS) is 10.8. The van der Waals surface area contributed by atoms with Gasteiger partial charge in [0.1, 0.15) is 18.2 Å². The van der Waals surface area contributed by atoms with Crippen LogP contribution in [0, 0.1) is 11.3 Å². The Kier molecular flexibility index (Phi) is 7.55. The van der Waals surface area contributed by atoms with E-state index in [9.17, 15) is 10.1 Å². The van der Waals surface area contributed by atoms with Crippen LogP contribution >= 0.6 is 23.2 Å². The number of carbonyl (C=O) groups excluding carboxylic acids is 1. The van der Waals surface area contributed by atoms with Gasteiger partial charge in [-0.2, -0.15) is 5.26 Å². The minimum absolute atomic E-state index is 0.0724. The molecule has 0 atom stereocenters. The fourth-order valence-corrected chi connectivity index (χ4v) is 3.13. The molecule has 0 aliphatic heterocycles. The number of carbonyl (C=O) groups is 1. The molecule has 0 aromatic heterocycles. The lowest BCUT2D eigenvalue weighted by Crippen LogP contribution is -2.13. The summed E-state index contributed by atoms with van der Waals surface area (Å²) in [6.45, 7) is 0.269. The third-order valence-electron chi connectivity index (χ3n) is 4.26. The maximum absolute atomic E-state index is 12.4. The number of nitriles is 1. The number of anilines is 1. The highest BCUT2D eigenvalue weighted by atomic mass is 35.5. The van der Waals surface area contributed by atoms with Crippen molar-refractivity contribution < 1.29 is 14.3 Å². The van der Waals surface area contributed by atoms with Crippen LogP contribution in [0.2, 0.25) is 10.0 Å². The number of halogens is 2. The smallest absolute Gasteiger partial charge is 0.266 e. The van der Waals surface area contributed by atoms with E-state index in [1.807, 2.05) is 24.3 Å². The average Bonchev–Trinajstić information content (AvgIpc) is 2.78. The van der Waals surface area contributed by atoms with E-state index in [-0.39, 0.29) is 12.2 Å². The van der Waals surface area contributed by atoms with Crippen LogP contribution in [0.4, 0.5) is 5.69 Å². The third kappa shape index (κ3) is 6.02. The molecule has 0 aliphatic carbocycles. The van der Waals surface area contributed by atoms with Gasteiger partial charge in [0.2, 0.25) is 0 Å². The SMILES string of the molecule is COc1cc(/C=C(/C#N)C(=O)Nc2ccccc2)cc(Cl)c1OCc1ccc(Cl)cc1. The molecule has 1 amide bonds. The quantitative estimate of drug-likeness (QED) is 0.345. The summed E-state index contributed by atoms with van der Waals surface area (Å²) in [5, 5.41) is 13.1. The molecule has 0 saturated carbocycles. The zero-order valence-electron chi connectivity index (χ0n) is 16.6. The van der Waals surface area contributed by atoms with Crippen molar-refractivity contribution in [3.05, 3.63) is 93.5 Å². The number of hydrogen-bond donors (Lipinski definition) is 1. The number of nitrogens with one attached hydrogen (secondary N) is 1. The standard InChI is InChI=1S/C24H18Cl2N2O3/c1-30-22-13-17(11-18(14-27)24(29)28-20-5-3-2-4-6-20)12-21(26)23(22)31-15-16-7-9-19(25)10-8-16/h2-13H,15H2,1H3,(H,28,29)/b18-11-. The number of nitrogens with zero attached hydrogens (tertiary/aromatic N) is 1. The zero-order valence-corrected chi connectivity index (χ0v) is 18.1. The first-order chi connectivity index (χ1) is 15.0. The first kappa shape index (κ1) is 22.2. The Bertz CT molecular complexity index is 1140. The van der Waals surface area contributed by atoms with Gasteiger partial charge in [0.15, 0.2) is 11.5 Å². The Hall–Kier alpha value is -3.46. The summed E-state index contributed by atoms with van der Waals surface area (Å²) in [6.07, 6.45) is 1.44. The second-order valence-corrected chi connectivity index (χ2v) is 7.28. The van der Waals surface area contributed by atoms with Crippen molar-refractivity contribution in [2.45, 2.75) is 6.61 Å². The van der Waals surface area contributed by atoms with Crippen molar-refractivity contribution in [3.8, 4) is 17.6 Å². The Labute approximate surface area is 190 Å². The molecule has 0 aliphatic rings. The summed E-state index contributed by atoms with van der Waals surface area (Å²) < 4.78 is 11.2. The lowest BCUT2D eigenvalue weighted by Gasteiger charge is -2.14. The average molecular weight is 453 g/mol. The van der Waals surface area contributed by atoms with Gasteiger partial charge in [-0.15, -0.1) is 0 Å². The molecule has 156 valence electrons. The van der Waals surface area contributed by atoms with E-state index in [2.05, 4.69) is 5.32 Å². The number of methoxy groups -OCH3 is 1. The topological polar surface area (TPSA) is 71.3 Å². The van der Waals surface area contributed by atoms with Crippen LogP contribution in [0.3, 0.4) is 0 Å². The number of amides is 1. The molecule has 31 heavy (non-hydrogen) atoms. The number of benzene rings is 3. The van der Waals surface area contributed by atoms with Gasteiger partial charge in [0, 0.05) is 10.7 Å². The zero-order chi connectivity index (χ0) is 22.2. The molecule has 5 nitrogen and oxygen atoms in total. The lowest BCUT2D eigenvalue weighted by atomic mass is 10.1. The molecule has 3 rings (SSSR count). The molecular weight excluding hydrogens is 435 g/mol. The number of ether oxygens (including phenoxy) is 2. The Morgan fingerprint density at radius 3 is 2.45 bits per heavy atom. The van der Waals surface area contributed by atoms with Gasteiger partial charge in [-0.3, -0.25) is 4.79 Å². The lowest BCUT2D eigenvalue weighted by molar-refractivity contribution is -0.112. The van der Waals surface area contributed by atoms with Gasteiger partial charge in [0.25, 0.3) is 5.91 Å². The second-order valence-electron chi connectivity index (χ2n) is 6.44. The van der Waals surface area contributed by atoms with Crippen LogP contribution < -0.4 is 14.8 Å². The first-order valence-electron chi connectivity index (χ1n) is 9.23. The maximum Gasteiger partial charge on any atom is 0.266 e. The molecule has 3 aromatic rings. The predicted octanol–water partition coefficient (Wildman–Crippen LogP) is 6.13. The minimum atomic E-state index is -0.521. The van der Waals surface area contributed by atoms with E-state index in [1.165, 1.54) is 13.2 Å². The van der Waals surface area contributed by atoms with E-state index < -0.39 is 5.91 Å². The monoisotopic (exact) mass is 452 g/mol. The van der Waals surface area contributed by atoms with Gasteiger partial charge in [-0.05, 0) is 53.6 Å². The van der Waals surface area contributed by atoms with Gasteiger partial charge >= 0.3 is 0 Å². The molecule has 0 fully saturated rings. The molecule has 0 bridgehead atoms. The Morgan fingerprint density at radius 1 is 1.10 bits per heavy atom. The molecule has 7 heteroatoms. The first-order valence-corrected chi connectivity index (χ1v) is 9.98. The summed E-state index contributed by atoms with van der Waals surface area (Å²) in [4.78, 5) is 12.4. The largest absolute Gasteiger partial charge is 0.493 e. The van der Waals surface area contributed by atoms with Crippen LogP contribution in [-0.4, -0.2) is 13.0 Å². The predicted molar refractivity (Wildman–Crippen MR) is 122 cm³/mol. The van der Waals surface area contributed by atoms with E-state index >= 15 is 0 Å². The van der Waals surface area contributed by atoms with E-state index in [1.54, 1.807) is 48.5 Å². The Morgan fingerprint density at radius 2 is 1.81 bits per heavy atom. The summed E-state index contributed by atoms with van der Waals surface area (Å²) in [5.41, 5.74) is 1.96. The van der Waals surface area contributed by atoms with Crippen LogP contribution in [0.25, 0.3) is 6.08 Å². The van der Waals surface area contributed by atoms with Gasteiger partial charge in [-0.1, -0.05) is 53.5 Å². The van der Waals surface area contributed by atoms with Crippen LogP contribution in [0.5, 0.6) is 11.5 Å². The van der Waals surface area contributed by atoms with Gasteiger partial charge in [0.05, 0.1) is 12.1 Å². The van der Waals surface area contributed by atoms with Crippen LogP contribution in [0.15, 0.2) is 72.3 Å². The van der Waals surface area contributed by atoms with Crippen molar-refractivity contribution in [2.75, 3.05) is 12.4 Å². The number of hydrogen-bond acceptors (Lipinski definition) is 4. The van der Waals surface area contributed by atoms with Crippen molar-refractivity contribution in [1.29, 1.82) is 5.26 Å². The summed E-state index contributed by atoms with van der Waals surface area (Å²) >= 11 is 12.3. The summed E-state index contributed by atoms with van der Waals surface area (Å²) in [6, 6.07) is 21.3. The fourth-order valence-electron chi connectivity index (χ4n) is 2.73.